The fourth-order valence-electron chi connectivity index (χ4n) is 3.96. The molecule has 0 saturated carbocycles. The number of likely N-dealkylation sites (tertiary alicyclic amines) is 2. The molecular formula is C18H28N2. The molecule has 0 radical (unpaired) electrons. The Morgan fingerprint density at radius 3 is 2.55 bits per heavy atom. The number of rotatable bonds is 4. The third-order valence-electron chi connectivity index (χ3n) is 5.27. The van der Waals surface area contributed by atoms with Crippen molar-refractivity contribution in [1.29, 1.82) is 0 Å². The summed E-state index contributed by atoms with van der Waals surface area (Å²) in [5.74, 6) is 0.927. The fourth-order valence-corrected chi connectivity index (χ4v) is 3.96. The number of aryl methyl sites for hydroxylation is 1. The van der Waals surface area contributed by atoms with Crippen LogP contribution >= 0.6 is 0 Å². The zero-order valence-corrected chi connectivity index (χ0v) is 13.0. The maximum absolute atomic E-state index is 2.76. The van der Waals surface area contributed by atoms with E-state index in [2.05, 4.69) is 48.0 Å². The van der Waals surface area contributed by atoms with Gasteiger partial charge in [-0.05, 0) is 62.9 Å². The lowest BCUT2D eigenvalue weighted by atomic mass is 9.93. The number of piperidine rings is 1. The van der Waals surface area contributed by atoms with E-state index in [0.717, 1.165) is 18.4 Å². The Morgan fingerprint density at radius 2 is 1.80 bits per heavy atom. The first-order valence-electron chi connectivity index (χ1n) is 8.26. The molecule has 3 rings (SSSR count). The van der Waals surface area contributed by atoms with Crippen molar-refractivity contribution >= 4 is 0 Å². The molecule has 20 heavy (non-hydrogen) atoms. The topological polar surface area (TPSA) is 6.48 Å². The molecule has 0 aromatic heterocycles. The number of fused-ring (bicyclic) bond motifs is 1. The summed E-state index contributed by atoms with van der Waals surface area (Å²) in [7, 11) is 2.27. The summed E-state index contributed by atoms with van der Waals surface area (Å²) < 4.78 is 0. The van der Waals surface area contributed by atoms with Gasteiger partial charge in [0.05, 0.1) is 0 Å². The first-order chi connectivity index (χ1) is 9.76. The highest BCUT2D eigenvalue weighted by Crippen LogP contribution is 2.30. The first kappa shape index (κ1) is 14.1. The van der Waals surface area contributed by atoms with E-state index in [4.69, 9.17) is 0 Å². The average Bonchev–Trinajstić information content (AvgIpc) is 2.88. The highest BCUT2D eigenvalue weighted by atomic mass is 15.2. The van der Waals surface area contributed by atoms with Gasteiger partial charge in [0.25, 0.3) is 0 Å². The molecule has 0 aliphatic carbocycles. The second-order valence-corrected chi connectivity index (χ2v) is 6.62. The van der Waals surface area contributed by atoms with Crippen LogP contribution in [0.3, 0.4) is 0 Å². The van der Waals surface area contributed by atoms with E-state index >= 15 is 0 Å². The number of benzene rings is 1. The highest BCUT2D eigenvalue weighted by molar-refractivity contribution is 5.22. The van der Waals surface area contributed by atoms with Crippen molar-refractivity contribution in [2.75, 3.05) is 33.2 Å². The van der Waals surface area contributed by atoms with Gasteiger partial charge in [0.15, 0.2) is 0 Å². The SMILES string of the molecule is CCc1ccc(CCN2CC[C@H]3CN(C)CC[C@H]32)cc1. The summed E-state index contributed by atoms with van der Waals surface area (Å²) >= 11 is 0. The molecule has 2 atom stereocenters. The molecule has 1 aromatic rings. The van der Waals surface area contributed by atoms with Crippen molar-refractivity contribution in [3.63, 3.8) is 0 Å². The molecule has 0 N–H and O–H groups in total. The maximum Gasteiger partial charge on any atom is 0.0148 e. The lowest BCUT2D eigenvalue weighted by molar-refractivity contribution is 0.130. The molecule has 0 spiro atoms. The van der Waals surface area contributed by atoms with Gasteiger partial charge in [0.2, 0.25) is 0 Å². The van der Waals surface area contributed by atoms with Crippen LogP contribution in [0.2, 0.25) is 0 Å². The predicted octanol–water partition coefficient (Wildman–Crippen LogP) is 2.82. The standard InChI is InChI=1S/C18H28N2/c1-3-15-4-6-16(7-5-15)8-12-20-13-9-17-14-19(2)11-10-18(17)20/h4-7,17-18H,3,8-14H2,1-2H3/t17-,18+/m0/s1. The summed E-state index contributed by atoms with van der Waals surface area (Å²) in [5, 5.41) is 0. The van der Waals surface area contributed by atoms with Crippen molar-refractivity contribution < 1.29 is 0 Å². The van der Waals surface area contributed by atoms with E-state index in [1.165, 1.54) is 56.6 Å². The summed E-state index contributed by atoms with van der Waals surface area (Å²) in [4.78, 5) is 5.26. The molecule has 0 unspecified atom stereocenters. The van der Waals surface area contributed by atoms with Gasteiger partial charge in [0.1, 0.15) is 0 Å². The normalized spacial score (nSPS) is 27.7. The average molecular weight is 272 g/mol. The molecule has 2 heteroatoms. The predicted molar refractivity (Wildman–Crippen MR) is 85.1 cm³/mol. The Morgan fingerprint density at radius 1 is 1.05 bits per heavy atom. The minimum atomic E-state index is 0.862. The second-order valence-electron chi connectivity index (χ2n) is 6.62. The lowest BCUT2D eigenvalue weighted by Gasteiger charge is -2.36. The van der Waals surface area contributed by atoms with E-state index in [-0.39, 0.29) is 0 Å². The van der Waals surface area contributed by atoms with E-state index in [1.54, 1.807) is 0 Å². The third-order valence-corrected chi connectivity index (χ3v) is 5.27. The van der Waals surface area contributed by atoms with E-state index in [1.807, 2.05) is 0 Å². The van der Waals surface area contributed by atoms with Crippen LogP contribution in [0.25, 0.3) is 0 Å². The van der Waals surface area contributed by atoms with Crippen LogP contribution in [0, 0.1) is 5.92 Å². The van der Waals surface area contributed by atoms with Gasteiger partial charge >= 0.3 is 0 Å². The van der Waals surface area contributed by atoms with Gasteiger partial charge in [-0.1, -0.05) is 31.2 Å². The Kier molecular flexibility index (Phi) is 4.42. The molecular weight excluding hydrogens is 244 g/mol. The van der Waals surface area contributed by atoms with Crippen LogP contribution in [0.5, 0.6) is 0 Å². The minimum absolute atomic E-state index is 0.862. The van der Waals surface area contributed by atoms with Crippen LogP contribution < -0.4 is 0 Å². The Labute approximate surface area is 123 Å². The van der Waals surface area contributed by atoms with Crippen molar-refractivity contribution in [1.82, 2.24) is 9.80 Å². The van der Waals surface area contributed by atoms with Gasteiger partial charge in [0, 0.05) is 19.1 Å². The molecule has 2 aliphatic rings. The van der Waals surface area contributed by atoms with E-state index < -0.39 is 0 Å². The number of nitrogens with zero attached hydrogens (tertiary/aromatic N) is 2. The van der Waals surface area contributed by atoms with Crippen molar-refractivity contribution in [2.24, 2.45) is 5.92 Å². The molecule has 2 nitrogen and oxygen atoms in total. The first-order valence-corrected chi connectivity index (χ1v) is 8.26. The molecule has 1 aromatic carbocycles. The van der Waals surface area contributed by atoms with Crippen LogP contribution in [0.4, 0.5) is 0 Å². The quantitative estimate of drug-likeness (QED) is 0.831. The lowest BCUT2D eigenvalue weighted by Crippen LogP contribution is -2.44. The molecule has 110 valence electrons. The molecule has 2 aliphatic heterocycles. The molecule has 0 amide bonds. The van der Waals surface area contributed by atoms with Gasteiger partial charge < -0.3 is 4.90 Å². The van der Waals surface area contributed by atoms with Crippen LogP contribution in [0.15, 0.2) is 24.3 Å². The molecule has 2 saturated heterocycles. The zero-order valence-electron chi connectivity index (χ0n) is 13.0. The summed E-state index contributed by atoms with van der Waals surface area (Å²) in [6, 6.07) is 10.1. The summed E-state index contributed by atoms with van der Waals surface area (Å²) in [6.07, 6.45) is 5.13. The number of hydrogen-bond acceptors (Lipinski definition) is 2. The van der Waals surface area contributed by atoms with Crippen molar-refractivity contribution in [3.05, 3.63) is 35.4 Å². The third kappa shape index (κ3) is 3.07. The van der Waals surface area contributed by atoms with E-state index in [9.17, 15) is 0 Å². The van der Waals surface area contributed by atoms with Crippen LogP contribution in [-0.2, 0) is 12.8 Å². The molecule has 2 fully saturated rings. The van der Waals surface area contributed by atoms with Gasteiger partial charge in [-0.15, -0.1) is 0 Å². The second kappa shape index (κ2) is 6.28. The Hall–Kier alpha value is -0.860. The van der Waals surface area contributed by atoms with Crippen molar-refractivity contribution in [2.45, 2.75) is 38.6 Å². The Balaban J connectivity index is 1.53. The molecule has 2 heterocycles. The summed E-state index contributed by atoms with van der Waals surface area (Å²) in [5.41, 5.74) is 2.95. The van der Waals surface area contributed by atoms with E-state index in [0.29, 0.717) is 0 Å². The van der Waals surface area contributed by atoms with Gasteiger partial charge in [-0.3, -0.25) is 4.90 Å². The highest BCUT2D eigenvalue weighted by Gasteiger charge is 2.36. The largest absolute Gasteiger partial charge is 0.306 e. The monoisotopic (exact) mass is 272 g/mol. The maximum atomic E-state index is 2.76. The Bertz CT molecular complexity index is 426. The summed E-state index contributed by atoms with van der Waals surface area (Å²) in [6.45, 7) is 7.38. The fraction of sp³-hybridized carbons (Fsp3) is 0.667. The van der Waals surface area contributed by atoms with Crippen LogP contribution in [-0.4, -0.2) is 49.1 Å². The number of hydrogen-bond donors (Lipinski definition) is 0. The van der Waals surface area contributed by atoms with Gasteiger partial charge in [-0.25, -0.2) is 0 Å². The molecule has 0 bridgehead atoms. The zero-order chi connectivity index (χ0) is 13.9. The van der Waals surface area contributed by atoms with Crippen molar-refractivity contribution in [3.8, 4) is 0 Å². The van der Waals surface area contributed by atoms with Gasteiger partial charge in [-0.2, -0.15) is 0 Å². The smallest absolute Gasteiger partial charge is 0.0148 e. The minimum Gasteiger partial charge on any atom is -0.306 e. The van der Waals surface area contributed by atoms with Crippen LogP contribution in [0.1, 0.15) is 30.9 Å².